The summed E-state index contributed by atoms with van der Waals surface area (Å²) < 4.78 is 60.2. The van der Waals surface area contributed by atoms with Crippen molar-refractivity contribution in [2.45, 2.75) is 95.1 Å². The summed E-state index contributed by atoms with van der Waals surface area (Å²) in [5, 5.41) is 20.7. The second-order valence-corrected chi connectivity index (χ2v) is 28.8. The Hall–Kier alpha value is -8.97. The fourth-order valence-electron chi connectivity index (χ4n) is 11.3. The van der Waals surface area contributed by atoms with Crippen LogP contribution < -0.4 is 9.47 Å². The van der Waals surface area contributed by atoms with E-state index in [1.165, 1.54) is 57.6 Å². The van der Waals surface area contributed by atoms with E-state index in [0.29, 0.717) is 11.1 Å². The summed E-state index contributed by atoms with van der Waals surface area (Å²) in [6.45, 7) is 20.5. The van der Waals surface area contributed by atoms with Gasteiger partial charge < -0.3 is 39.5 Å². The molecule has 18 heteroatoms. The number of carbonyl (C=O) groups is 1. The number of hydrogen-bond donors (Lipinski definition) is 1. The normalized spacial score (nSPS) is 10.9. The molecule has 5 heterocycles. The van der Waals surface area contributed by atoms with Gasteiger partial charge in [0.15, 0.2) is 5.78 Å². The second-order valence-electron chi connectivity index (χ2n) is 28.8. The maximum absolute atomic E-state index is 13.3. The molecule has 15 aromatic rings. The Labute approximate surface area is 727 Å². The number of ether oxygens (including phenoxy) is 2. The molecular formula is C95H84F4Ir5N5O4-5. The molecule has 0 unspecified atom stereocenters. The van der Waals surface area contributed by atoms with Crippen LogP contribution in [-0.2, 0) is 111 Å². The Morgan fingerprint density at radius 2 is 0.735 bits per heavy atom. The van der Waals surface area contributed by atoms with Crippen molar-refractivity contribution in [1.29, 1.82) is 0 Å². The quantitative estimate of drug-likeness (QED) is 0.0652. The number of hydrogen-bond acceptors (Lipinski definition) is 9. The van der Waals surface area contributed by atoms with E-state index in [0.717, 1.165) is 99.7 Å². The zero-order chi connectivity index (χ0) is 77.3. The number of aromatic nitrogens is 5. The van der Waals surface area contributed by atoms with Crippen molar-refractivity contribution in [2.24, 2.45) is 10.8 Å². The molecule has 5 aromatic heterocycles. The number of methoxy groups -OCH3 is 1. The molecule has 0 aliphatic heterocycles. The minimum atomic E-state index is -2.83. The van der Waals surface area contributed by atoms with Crippen LogP contribution in [0.25, 0.3) is 110 Å². The van der Waals surface area contributed by atoms with Crippen molar-refractivity contribution >= 4 is 59.6 Å². The Morgan fingerprint density at radius 3 is 1.05 bits per heavy atom. The zero-order valence-electron chi connectivity index (χ0n) is 64.5. The van der Waals surface area contributed by atoms with Crippen molar-refractivity contribution in [3.05, 3.63) is 331 Å². The fourth-order valence-corrected chi connectivity index (χ4v) is 11.3. The molecule has 0 amide bonds. The average molecular weight is 2400 g/mol. The van der Waals surface area contributed by atoms with Crippen molar-refractivity contribution in [3.8, 4) is 67.8 Å². The first-order valence-electron chi connectivity index (χ1n) is 35.2. The summed E-state index contributed by atoms with van der Waals surface area (Å²) in [6, 6.07) is 87.0. The van der Waals surface area contributed by atoms with Gasteiger partial charge in [-0.15, -0.1) is 143 Å². The number of nitrogens with zero attached hydrogens (tertiary/aromatic N) is 5. The van der Waals surface area contributed by atoms with Gasteiger partial charge in [-0.25, -0.2) is 0 Å². The Bertz CT molecular complexity index is 5490. The first-order chi connectivity index (χ1) is 51.6. The molecular weight excluding hydrogens is 2310 g/mol. The minimum Gasteiger partial charge on any atom is -0.540 e. The monoisotopic (exact) mass is 2400 g/mol. The van der Waals surface area contributed by atoms with Crippen LogP contribution in [0.1, 0.15) is 84.6 Å². The largest absolute Gasteiger partial charge is 0.540 e. The number of carbonyl (C=O) groups excluding carboxylic acids is 1. The maximum atomic E-state index is 13.3. The number of halogens is 4. The summed E-state index contributed by atoms with van der Waals surface area (Å²) in [5.74, 6) is 0.523. The van der Waals surface area contributed by atoms with Gasteiger partial charge in [0.1, 0.15) is 5.76 Å². The van der Waals surface area contributed by atoms with Gasteiger partial charge in [0.2, 0.25) is 0 Å². The zero-order valence-corrected chi connectivity index (χ0v) is 76.5. The minimum absolute atomic E-state index is 0. The van der Waals surface area contributed by atoms with Gasteiger partial charge in [-0.05, 0) is 125 Å². The van der Waals surface area contributed by atoms with Crippen LogP contribution in [-0.4, -0.2) is 49.5 Å². The second kappa shape index (κ2) is 43.5. The summed E-state index contributed by atoms with van der Waals surface area (Å²) in [7, 11) is 1.66. The van der Waals surface area contributed by atoms with Crippen LogP contribution in [0.2, 0.25) is 0 Å². The first-order valence-corrected chi connectivity index (χ1v) is 35.2. The Balaban J connectivity index is 0.000000241. The third kappa shape index (κ3) is 25.8. The number of aryl methyl sites for hydroxylation is 3. The molecule has 5 radical (unpaired) electrons. The number of rotatable bonds is 9. The Kier molecular flexibility index (Phi) is 36.4. The third-order valence-electron chi connectivity index (χ3n) is 17.6. The first kappa shape index (κ1) is 94.6. The summed E-state index contributed by atoms with van der Waals surface area (Å²) in [6.07, 6.45) is 10.3. The molecule has 0 bridgehead atoms. The number of aliphatic hydroxyl groups is 1. The molecule has 0 aliphatic carbocycles. The van der Waals surface area contributed by atoms with Gasteiger partial charge in [0, 0.05) is 172 Å². The third-order valence-corrected chi connectivity index (χ3v) is 17.6. The predicted molar refractivity (Wildman–Crippen MR) is 431 cm³/mol. The standard InChI is InChI=1S/C19H18N.C17H14NO.C16H10F2NO.2C16H11FN.C11H20O2.5Ir/c1-19(2,3)16-10-8-15(9-11-16)18-17-7-5-4-6-14(17)12-13-20-18;1-12-3-4-13-9-10-18-17(16(13)11-12)14-5-7-15(19-2)8-6-14;17-16(18)20-13-7-5-12(6-8-13)15-14-4-2-1-3-11(14)9-10-19-15;2*1-11-10-13(6-7-15(11)17)16-14-5-3-2-4-12(14)8-9-18-16;1-10(2,3)8(12)7-9(13)11(4,5)6;;;;;/h4-8,10-13H,1-3H3;3-5,7-11H,1-2H3;1-5,7-10,16H;2*2-5,7-10H,1H3;7,12H,1-6H3;;;;;/q5*-1;;;;;;. The summed E-state index contributed by atoms with van der Waals surface area (Å²) in [4.78, 5) is 33.7. The van der Waals surface area contributed by atoms with Gasteiger partial charge in [-0.3, -0.25) is 13.6 Å². The number of fused-ring (bicyclic) bond motifs is 5. The molecule has 9 nitrogen and oxygen atoms in total. The van der Waals surface area contributed by atoms with Crippen molar-refractivity contribution in [1.82, 2.24) is 24.9 Å². The number of aliphatic hydroxyl groups excluding tert-OH is 1. The van der Waals surface area contributed by atoms with Crippen LogP contribution in [0.4, 0.5) is 17.6 Å². The molecule has 0 atom stereocenters. The van der Waals surface area contributed by atoms with Gasteiger partial charge in [0.05, 0.1) is 7.11 Å². The van der Waals surface area contributed by atoms with E-state index in [1.807, 2.05) is 175 Å². The van der Waals surface area contributed by atoms with Gasteiger partial charge in [-0.1, -0.05) is 208 Å². The number of allylic oxidation sites excluding steroid dienone is 2. The van der Waals surface area contributed by atoms with E-state index >= 15 is 0 Å². The summed E-state index contributed by atoms with van der Waals surface area (Å²) in [5.41, 5.74) is 12.0. The van der Waals surface area contributed by atoms with E-state index in [4.69, 9.17) is 4.74 Å². The Morgan fingerprint density at radius 1 is 0.398 bits per heavy atom. The van der Waals surface area contributed by atoms with Crippen LogP contribution >= 0.6 is 0 Å². The molecule has 10 aromatic carbocycles. The molecule has 0 fully saturated rings. The molecule has 0 aliphatic rings. The summed E-state index contributed by atoms with van der Waals surface area (Å²) >= 11 is 0. The molecule has 1 N–H and O–H groups in total. The molecule has 0 saturated carbocycles. The van der Waals surface area contributed by atoms with E-state index < -0.39 is 12.0 Å². The van der Waals surface area contributed by atoms with E-state index in [1.54, 1.807) is 57.7 Å². The number of benzene rings is 10. The molecule has 0 spiro atoms. The molecule has 113 heavy (non-hydrogen) atoms. The van der Waals surface area contributed by atoms with Crippen molar-refractivity contribution in [3.63, 3.8) is 0 Å². The predicted octanol–water partition coefficient (Wildman–Crippen LogP) is 24.7. The molecule has 15 rings (SSSR count). The number of pyridine rings is 5. The van der Waals surface area contributed by atoms with E-state index in [-0.39, 0.29) is 140 Å². The number of ketones is 1. The van der Waals surface area contributed by atoms with Crippen molar-refractivity contribution in [2.75, 3.05) is 7.11 Å². The van der Waals surface area contributed by atoms with Gasteiger partial charge in [0.25, 0.3) is 0 Å². The average Bonchev–Trinajstić information content (AvgIpc) is 0.819. The van der Waals surface area contributed by atoms with Crippen LogP contribution in [0, 0.1) is 73.6 Å². The van der Waals surface area contributed by atoms with Gasteiger partial charge >= 0.3 is 6.61 Å². The van der Waals surface area contributed by atoms with E-state index in [2.05, 4.69) is 148 Å². The smallest absolute Gasteiger partial charge is 0.379 e. The maximum Gasteiger partial charge on any atom is 0.379 e. The van der Waals surface area contributed by atoms with Crippen LogP contribution in [0.5, 0.6) is 11.5 Å². The molecule has 591 valence electrons. The topological polar surface area (TPSA) is 120 Å². The van der Waals surface area contributed by atoms with Gasteiger partial charge in [-0.2, -0.15) is 8.78 Å². The SMILES string of the molecule is CC(C)(C)C(=O)C=C(O)C(C)(C)C.CC(C)(C)c1c[c-]c(-c2nccc3ccccc23)cc1.COc1c[c-]c(-c2nccc3ccc(C)cc23)cc1.Cc1cc(-c2nccc3ccccc23)[c-]cc1F.Cc1cc(-c2nccc3ccccc23)[c-]cc1F.FC(F)Oc1c[c-]c(-c2nccc3ccccc23)cc1.[Ir].[Ir].[Ir].[Ir].[Ir]. The van der Waals surface area contributed by atoms with Crippen molar-refractivity contribution < 1.29 is 137 Å². The molecule has 0 saturated heterocycles. The van der Waals surface area contributed by atoms with Crippen LogP contribution in [0.3, 0.4) is 0 Å². The van der Waals surface area contributed by atoms with Crippen LogP contribution in [0.15, 0.2) is 267 Å². The fraction of sp³-hybridized carbons (Fsp3) is 0.179. The van der Waals surface area contributed by atoms with E-state index in [9.17, 15) is 27.5 Å². The number of alkyl halides is 2.